The molecule has 1 N–H and O–H groups in total. The number of carbonyl (C=O) groups is 2. The molecule has 37 heavy (non-hydrogen) atoms. The SMILES string of the molecule is O=C1[C@@H]2[C@H]3CC(CO)[C@@H](C3)[C@@H]2C(=O)N1C[C@@H]1CCCC[C@H]1CN1CCN(c2nsc3ccccc23)CC1. The molecule has 7 nitrogen and oxygen atoms in total. The standard InChI is InChI=1S/C29H38N4O3S/c34-17-21-13-20-14-23(21)26-25(20)28(35)33(29(26)36)16-19-6-2-1-5-18(19)15-31-9-11-32(12-10-31)27-22-7-3-4-8-24(22)37-30-27/h3-4,7-8,18-21,23,25-26,34H,1-2,5-6,9-17H2/t18-,19-,20-,21?,23+,25+,26-/m0/s1. The van der Waals surface area contributed by atoms with Gasteiger partial charge in [0.05, 0.1) is 16.5 Å². The Labute approximate surface area is 223 Å². The lowest BCUT2D eigenvalue weighted by atomic mass is 9.75. The van der Waals surface area contributed by atoms with E-state index in [-0.39, 0.29) is 42.1 Å². The predicted molar refractivity (Wildman–Crippen MR) is 144 cm³/mol. The molecule has 1 aromatic carbocycles. The zero-order valence-corrected chi connectivity index (χ0v) is 22.3. The maximum Gasteiger partial charge on any atom is 0.233 e. The molecule has 0 spiro atoms. The molecule has 1 unspecified atom stereocenters. The van der Waals surface area contributed by atoms with E-state index in [0.717, 1.165) is 57.8 Å². The third-order valence-corrected chi connectivity index (χ3v) is 11.3. The van der Waals surface area contributed by atoms with Gasteiger partial charge in [-0.3, -0.25) is 19.4 Å². The Morgan fingerprint density at radius 3 is 2.41 bits per heavy atom. The van der Waals surface area contributed by atoms with Gasteiger partial charge in [-0.05, 0) is 78.9 Å². The second-order valence-electron chi connectivity index (χ2n) is 12.3. The van der Waals surface area contributed by atoms with Gasteiger partial charge in [0.2, 0.25) is 11.8 Å². The summed E-state index contributed by atoms with van der Waals surface area (Å²) in [6.07, 6.45) is 6.65. The molecule has 3 heterocycles. The zero-order chi connectivity index (χ0) is 25.1. The molecular formula is C29H38N4O3S. The van der Waals surface area contributed by atoms with Crippen LogP contribution in [0.4, 0.5) is 5.82 Å². The number of hydrogen-bond acceptors (Lipinski definition) is 7. The number of piperazine rings is 1. The highest BCUT2D eigenvalue weighted by Crippen LogP contribution is 2.58. The maximum atomic E-state index is 13.5. The van der Waals surface area contributed by atoms with Crippen LogP contribution in [0.15, 0.2) is 24.3 Å². The number of anilines is 1. The van der Waals surface area contributed by atoms with Gasteiger partial charge in [-0.1, -0.05) is 25.0 Å². The number of nitrogens with zero attached hydrogens (tertiary/aromatic N) is 4. The molecular weight excluding hydrogens is 484 g/mol. The lowest BCUT2D eigenvalue weighted by Crippen LogP contribution is -2.49. The number of aliphatic hydroxyl groups is 1. The molecule has 2 aromatic rings. The average Bonchev–Trinajstić information content (AvgIpc) is 3.69. The number of imide groups is 1. The summed E-state index contributed by atoms with van der Waals surface area (Å²) >= 11 is 1.59. The molecule has 5 aliphatic rings. The molecule has 0 radical (unpaired) electrons. The van der Waals surface area contributed by atoms with Crippen molar-refractivity contribution in [1.82, 2.24) is 14.2 Å². The van der Waals surface area contributed by atoms with Gasteiger partial charge >= 0.3 is 0 Å². The van der Waals surface area contributed by atoms with Crippen molar-refractivity contribution >= 4 is 39.3 Å². The van der Waals surface area contributed by atoms with Crippen molar-refractivity contribution in [2.75, 3.05) is 50.8 Å². The number of fused-ring (bicyclic) bond motifs is 6. The van der Waals surface area contributed by atoms with Crippen LogP contribution in [-0.2, 0) is 9.59 Å². The highest BCUT2D eigenvalue weighted by Gasteiger charge is 2.63. The molecule has 1 aromatic heterocycles. The van der Waals surface area contributed by atoms with Gasteiger partial charge in [0, 0.05) is 51.3 Å². The van der Waals surface area contributed by atoms with Crippen LogP contribution < -0.4 is 4.90 Å². The molecule has 7 atom stereocenters. The largest absolute Gasteiger partial charge is 0.396 e. The number of hydrogen-bond donors (Lipinski definition) is 1. The summed E-state index contributed by atoms with van der Waals surface area (Å²) in [5.41, 5.74) is 0. The van der Waals surface area contributed by atoms with Gasteiger partial charge in [-0.2, -0.15) is 4.37 Å². The number of rotatable bonds is 6. The molecule has 2 saturated heterocycles. The molecule has 3 saturated carbocycles. The fraction of sp³-hybridized carbons (Fsp3) is 0.690. The van der Waals surface area contributed by atoms with E-state index in [1.807, 2.05) is 0 Å². The third-order valence-electron chi connectivity index (χ3n) is 10.5. The monoisotopic (exact) mass is 522 g/mol. The Bertz CT molecular complexity index is 1180. The van der Waals surface area contributed by atoms with Crippen LogP contribution >= 0.6 is 11.5 Å². The Hall–Kier alpha value is -2.03. The quantitative estimate of drug-likeness (QED) is 0.586. The topological polar surface area (TPSA) is 77.0 Å². The first-order valence-corrected chi connectivity index (χ1v) is 15.2. The second kappa shape index (κ2) is 9.62. The summed E-state index contributed by atoms with van der Waals surface area (Å²) in [7, 11) is 0. The molecule has 2 amide bonds. The minimum Gasteiger partial charge on any atom is -0.396 e. The van der Waals surface area contributed by atoms with E-state index in [1.54, 1.807) is 16.4 Å². The minimum absolute atomic E-state index is 0.0778. The fourth-order valence-corrected chi connectivity index (χ4v) is 9.41. The van der Waals surface area contributed by atoms with Crippen molar-refractivity contribution in [2.45, 2.75) is 38.5 Å². The molecule has 5 fully saturated rings. The Balaban J connectivity index is 0.985. The molecule has 2 aliphatic heterocycles. The Morgan fingerprint density at radius 1 is 0.892 bits per heavy atom. The van der Waals surface area contributed by atoms with Gasteiger partial charge < -0.3 is 10.0 Å². The summed E-state index contributed by atoms with van der Waals surface area (Å²) in [5.74, 6) is 2.75. The lowest BCUT2D eigenvalue weighted by Gasteiger charge is -2.40. The number of amides is 2. The van der Waals surface area contributed by atoms with E-state index in [9.17, 15) is 14.7 Å². The van der Waals surface area contributed by atoms with Crippen molar-refractivity contribution in [3.05, 3.63) is 24.3 Å². The molecule has 3 aliphatic carbocycles. The number of aromatic nitrogens is 1. The highest BCUT2D eigenvalue weighted by molar-refractivity contribution is 7.13. The first-order valence-electron chi connectivity index (χ1n) is 14.4. The average molecular weight is 523 g/mol. The highest BCUT2D eigenvalue weighted by atomic mass is 32.1. The molecule has 8 heteroatoms. The minimum atomic E-state index is -0.152. The van der Waals surface area contributed by atoms with Gasteiger partial charge in [0.15, 0.2) is 0 Å². The smallest absolute Gasteiger partial charge is 0.233 e. The Kier molecular flexibility index (Phi) is 6.25. The predicted octanol–water partition coefficient (Wildman–Crippen LogP) is 3.47. The van der Waals surface area contributed by atoms with Gasteiger partial charge in [0.1, 0.15) is 5.82 Å². The van der Waals surface area contributed by atoms with Gasteiger partial charge in [0.25, 0.3) is 0 Å². The summed E-state index contributed by atoms with van der Waals surface area (Å²) in [6, 6.07) is 8.50. The number of aliphatic hydroxyl groups excluding tert-OH is 1. The van der Waals surface area contributed by atoms with Crippen LogP contribution in [0.5, 0.6) is 0 Å². The van der Waals surface area contributed by atoms with Crippen molar-refractivity contribution in [3.63, 3.8) is 0 Å². The first kappa shape index (κ1) is 24.0. The van der Waals surface area contributed by atoms with Crippen LogP contribution in [0.3, 0.4) is 0 Å². The molecule has 2 bridgehead atoms. The van der Waals surface area contributed by atoms with Crippen LogP contribution in [-0.4, -0.2) is 77.0 Å². The van der Waals surface area contributed by atoms with E-state index in [0.29, 0.717) is 24.3 Å². The van der Waals surface area contributed by atoms with E-state index < -0.39 is 0 Å². The Morgan fingerprint density at radius 2 is 1.62 bits per heavy atom. The molecule has 7 rings (SSSR count). The first-order chi connectivity index (χ1) is 18.1. The van der Waals surface area contributed by atoms with E-state index in [1.165, 1.54) is 29.3 Å². The van der Waals surface area contributed by atoms with Crippen LogP contribution in [0, 0.1) is 41.4 Å². The van der Waals surface area contributed by atoms with Crippen LogP contribution in [0.2, 0.25) is 0 Å². The summed E-state index contributed by atoms with van der Waals surface area (Å²) in [6.45, 7) is 5.89. The lowest BCUT2D eigenvalue weighted by molar-refractivity contribution is -0.142. The summed E-state index contributed by atoms with van der Waals surface area (Å²) in [4.78, 5) is 33.6. The number of benzene rings is 1. The van der Waals surface area contributed by atoms with E-state index >= 15 is 0 Å². The van der Waals surface area contributed by atoms with Crippen molar-refractivity contribution in [1.29, 1.82) is 0 Å². The third kappa shape index (κ3) is 4.02. The van der Waals surface area contributed by atoms with E-state index in [2.05, 4.69) is 34.1 Å². The van der Waals surface area contributed by atoms with Gasteiger partial charge in [-0.15, -0.1) is 0 Å². The van der Waals surface area contributed by atoms with Crippen molar-refractivity contribution < 1.29 is 14.7 Å². The van der Waals surface area contributed by atoms with Crippen molar-refractivity contribution in [2.24, 2.45) is 41.4 Å². The number of likely N-dealkylation sites (tertiary alicyclic amines) is 1. The number of carbonyl (C=O) groups excluding carboxylic acids is 2. The van der Waals surface area contributed by atoms with Crippen LogP contribution in [0.25, 0.3) is 10.1 Å². The normalized spacial score (nSPS) is 36.2. The van der Waals surface area contributed by atoms with Crippen LogP contribution in [0.1, 0.15) is 38.5 Å². The maximum absolute atomic E-state index is 13.5. The summed E-state index contributed by atoms with van der Waals surface area (Å²) < 4.78 is 6.01. The zero-order valence-electron chi connectivity index (χ0n) is 21.5. The molecule has 198 valence electrons. The van der Waals surface area contributed by atoms with Gasteiger partial charge in [-0.25, -0.2) is 0 Å². The van der Waals surface area contributed by atoms with E-state index in [4.69, 9.17) is 4.37 Å². The fourth-order valence-electron chi connectivity index (χ4n) is 8.62. The van der Waals surface area contributed by atoms with Crippen molar-refractivity contribution in [3.8, 4) is 0 Å². The summed E-state index contributed by atoms with van der Waals surface area (Å²) in [5, 5.41) is 11.0. The second-order valence-corrected chi connectivity index (χ2v) is 13.1.